The topological polar surface area (TPSA) is 76.1 Å². The first-order valence-corrected chi connectivity index (χ1v) is 11.9. The van der Waals surface area contributed by atoms with E-state index < -0.39 is 0 Å². The number of nitrogens with two attached hydrogens (primary N) is 1. The molecule has 2 N–H and O–H groups in total. The molecule has 0 atom stereocenters. The van der Waals surface area contributed by atoms with Gasteiger partial charge in [0.05, 0.1) is 5.69 Å². The molecule has 0 radical (unpaired) electrons. The number of hydrogen-bond acceptors (Lipinski definition) is 6. The fourth-order valence-corrected chi connectivity index (χ4v) is 4.89. The van der Waals surface area contributed by atoms with Crippen molar-refractivity contribution < 1.29 is 4.39 Å². The first-order chi connectivity index (χ1) is 16.0. The van der Waals surface area contributed by atoms with Crippen molar-refractivity contribution in [2.75, 3.05) is 43.4 Å². The summed E-state index contributed by atoms with van der Waals surface area (Å²) in [7, 11) is 0. The second-order valence-corrected chi connectivity index (χ2v) is 9.37. The summed E-state index contributed by atoms with van der Waals surface area (Å²) in [5.74, 6) is 2.27. The summed E-state index contributed by atoms with van der Waals surface area (Å²) < 4.78 is 16.1. The maximum atomic E-state index is 13.8. The van der Waals surface area contributed by atoms with Crippen molar-refractivity contribution in [2.45, 2.75) is 38.6 Å². The van der Waals surface area contributed by atoms with Crippen LogP contribution in [0, 0.1) is 12.7 Å². The number of piperidine rings is 1. The molecule has 2 saturated heterocycles. The quantitative estimate of drug-likeness (QED) is 0.585. The number of halogens is 2. The molecule has 0 aliphatic carbocycles. The highest BCUT2D eigenvalue weighted by Gasteiger charge is 2.27. The zero-order chi connectivity index (χ0) is 22.9. The lowest BCUT2D eigenvalue weighted by atomic mass is 9.96. The molecule has 2 fully saturated rings. The Hall–Kier alpha value is -2.71. The maximum absolute atomic E-state index is 13.8. The van der Waals surface area contributed by atoms with Crippen LogP contribution in [0.5, 0.6) is 0 Å². The number of aryl methyl sites for hydroxylation is 1. The summed E-state index contributed by atoms with van der Waals surface area (Å²) in [5, 5.41) is 0.418. The van der Waals surface area contributed by atoms with Crippen LogP contribution in [-0.2, 0) is 6.54 Å². The molecule has 2 aliphatic heterocycles. The summed E-state index contributed by atoms with van der Waals surface area (Å²) in [5.41, 5.74) is 8.37. The maximum Gasteiger partial charge on any atom is 0.153 e. The standard InChI is InChI=1S/C24H29ClFN7/c1-16-13-18(3-4-19(16)26)20-14-33(12-11-31-7-2-8-31)23(30-20)17-5-9-32(10-6-17)24-21(25)22(27)28-15-29-24/h3-4,13-15,17H,2,5-12H2,1H3,(H2,27,28,29). The Bertz CT molecular complexity index is 1140. The van der Waals surface area contributed by atoms with E-state index in [-0.39, 0.29) is 5.82 Å². The van der Waals surface area contributed by atoms with E-state index in [4.69, 9.17) is 22.3 Å². The van der Waals surface area contributed by atoms with Crippen LogP contribution in [0.4, 0.5) is 16.0 Å². The van der Waals surface area contributed by atoms with Gasteiger partial charge in [-0.05, 0) is 63.0 Å². The van der Waals surface area contributed by atoms with Gasteiger partial charge in [-0.2, -0.15) is 0 Å². The molecule has 0 unspecified atom stereocenters. The monoisotopic (exact) mass is 469 g/mol. The Kier molecular flexibility index (Phi) is 6.21. The SMILES string of the molecule is Cc1cc(-c2cn(CCN3CCC3)c(C3CCN(c4ncnc(N)c4Cl)CC3)n2)ccc1F. The summed E-state index contributed by atoms with van der Waals surface area (Å²) in [6.07, 6.45) is 6.77. The van der Waals surface area contributed by atoms with Crippen molar-refractivity contribution in [3.05, 3.63) is 53.0 Å². The van der Waals surface area contributed by atoms with Crippen LogP contribution >= 0.6 is 11.6 Å². The molecule has 0 spiro atoms. The molecule has 1 aromatic carbocycles. The van der Waals surface area contributed by atoms with Crippen molar-refractivity contribution in [2.24, 2.45) is 0 Å². The summed E-state index contributed by atoms with van der Waals surface area (Å²) in [6, 6.07) is 5.22. The largest absolute Gasteiger partial charge is 0.382 e. The normalized spacial score (nSPS) is 17.4. The van der Waals surface area contributed by atoms with E-state index >= 15 is 0 Å². The molecular formula is C24H29ClFN7. The predicted molar refractivity (Wildman–Crippen MR) is 129 cm³/mol. The zero-order valence-corrected chi connectivity index (χ0v) is 19.6. The smallest absolute Gasteiger partial charge is 0.153 e. The first-order valence-electron chi connectivity index (χ1n) is 11.6. The fourth-order valence-electron chi connectivity index (χ4n) is 4.68. The van der Waals surface area contributed by atoms with Gasteiger partial charge < -0.3 is 20.1 Å². The van der Waals surface area contributed by atoms with E-state index in [0.29, 0.717) is 28.1 Å². The molecule has 7 nitrogen and oxygen atoms in total. The first kappa shape index (κ1) is 22.1. The number of benzene rings is 1. The van der Waals surface area contributed by atoms with Gasteiger partial charge in [0.25, 0.3) is 0 Å². The van der Waals surface area contributed by atoms with Crippen LogP contribution < -0.4 is 10.6 Å². The highest BCUT2D eigenvalue weighted by molar-refractivity contribution is 6.35. The van der Waals surface area contributed by atoms with E-state index in [1.165, 1.54) is 31.9 Å². The second-order valence-electron chi connectivity index (χ2n) is 8.99. The van der Waals surface area contributed by atoms with Crippen LogP contribution in [-0.4, -0.2) is 57.1 Å². The van der Waals surface area contributed by atoms with Crippen molar-refractivity contribution in [1.82, 2.24) is 24.4 Å². The van der Waals surface area contributed by atoms with Crippen molar-refractivity contribution >= 4 is 23.2 Å². The number of aromatic nitrogens is 4. The fraction of sp³-hybridized carbons (Fsp3) is 0.458. The van der Waals surface area contributed by atoms with Crippen LogP contribution in [0.25, 0.3) is 11.3 Å². The minimum atomic E-state index is -0.187. The Labute approximate surface area is 198 Å². The van der Waals surface area contributed by atoms with Gasteiger partial charge in [0, 0.05) is 43.9 Å². The summed E-state index contributed by atoms with van der Waals surface area (Å²) >= 11 is 6.35. The van der Waals surface area contributed by atoms with Crippen LogP contribution in [0.3, 0.4) is 0 Å². The van der Waals surface area contributed by atoms with Crippen LogP contribution in [0.15, 0.2) is 30.7 Å². The van der Waals surface area contributed by atoms with Gasteiger partial charge in [0.1, 0.15) is 28.8 Å². The van der Waals surface area contributed by atoms with Crippen molar-refractivity contribution in [1.29, 1.82) is 0 Å². The lowest BCUT2D eigenvalue weighted by Crippen LogP contribution is -2.39. The number of hydrogen-bond donors (Lipinski definition) is 1. The third-order valence-corrected chi connectivity index (χ3v) is 7.19. The third kappa shape index (κ3) is 4.54. The van der Waals surface area contributed by atoms with Gasteiger partial charge in [-0.25, -0.2) is 19.3 Å². The molecule has 4 heterocycles. The second kappa shape index (κ2) is 9.27. The predicted octanol–water partition coefficient (Wildman–Crippen LogP) is 4.11. The highest BCUT2D eigenvalue weighted by atomic mass is 35.5. The molecule has 2 aliphatic rings. The van der Waals surface area contributed by atoms with E-state index in [2.05, 4.69) is 30.5 Å². The molecule has 0 saturated carbocycles. The van der Waals surface area contributed by atoms with E-state index in [1.54, 1.807) is 6.92 Å². The number of anilines is 2. The van der Waals surface area contributed by atoms with Gasteiger partial charge in [0.15, 0.2) is 5.82 Å². The van der Waals surface area contributed by atoms with Gasteiger partial charge in [-0.3, -0.25) is 0 Å². The Balaban J connectivity index is 1.37. The molecule has 0 amide bonds. The van der Waals surface area contributed by atoms with Gasteiger partial charge in [0.2, 0.25) is 0 Å². The van der Waals surface area contributed by atoms with Crippen molar-refractivity contribution in [3.8, 4) is 11.3 Å². The average molecular weight is 470 g/mol. The Morgan fingerprint density at radius 3 is 2.61 bits per heavy atom. The molecule has 174 valence electrons. The molecular weight excluding hydrogens is 441 g/mol. The van der Waals surface area contributed by atoms with E-state index in [1.807, 2.05) is 12.1 Å². The van der Waals surface area contributed by atoms with E-state index in [0.717, 1.165) is 56.1 Å². The van der Waals surface area contributed by atoms with Gasteiger partial charge in [-0.15, -0.1) is 0 Å². The molecule has 3 aromatic rings. The Morgan fingerprint density at radius 1 is 1.12 bits per heavy atom. The number of imidazole rings is 1. The third-order valence-electron chi connectivity index (χ3n) is 6.82. The molecule has 2 aromatic heterocycles. The Morgan fingerprint density at radius 2 is 1.91 bits per heavy atom. The molecule has 0 bridgehead atoms. The van der Waals surface area contributed by atoms with Gasteiger partial charge >= 0.3 is 0 Å². The number of nitrogen functional groups attached to an aromatic ring is 1. The summed E-state index contributed by atoms with van der Waals surface area (Å²) in [6.45, 7) is 7.73. The average Bonchev–Trinajstić information content (AvgIpc) is 3.21. The van der Waals surface area contributed by atoms with Crippen LogP contribution in [0.2, 0.25) is 5.02 Å². The molecule has 5 rings (SSSR count). The van der Waals surface area contributed by atoms with Crippen molar-refractivity contribution in [3.63, 3.8) is 0 Å². The lowest BCUT2D eigenvalue weighted by molar-refractivity contribution is 0.173. The molecule has 33 heavy (non-hydrogen) atoms. The number of likely N-dealkylation sites (tertiary alicyclic amines) is 1. The zero-order valence-electron chi connectivity index (χ0n) is 18.8. The minimum absolute atomic E-state index is 0.187. The highest BCUT2D eigenvalue weighted by Crippen LogP contribution is 2.34. The summed E-state index contributed by atoms with van der Waals surface area (Å²) in [4.78, 5) is 18.0. The van der Waals surface area contributed by atoms with Gasteiger partial charge in [-0.1, -0.05) is 11.6 Å². The molecule has 9 heteroatoms. The lowest BCUT2D eigenvalue weighted by Gasteiger charge is -2.34. The number of rotatable bonds is 6. The minimum Gasteiger partial charge on any atom is -0.382 e. The van der Waals surface area contributed by atoms with Crippen LogP contribution in [0.1, 0.15) is 36.6 Å². The van der Waals surface area contributed by atoms with E-state index in [9.17, 15) is 4.39 Å². The number of nitrogens with zero attached hydrogens (tertiary/aromatic N) is 6.